The Labute approximate surface area is 190 Å². The fraction of sp³-hybridized carbons (Fsp3) is 0.167. The van der Waals surface area contributed by atoms with Crippen LogP contribution >= 0.6 is 24.8 Å². The Kier molecular flexibility index (Phi) is 8.90. The second kappa shape index (κ2) is 11.4. The first-order valence-electron chi connectivity index (χ1n) is 9.44. The molecule has 0 aliphatic carbocycles. The third-order valence-electron chi connectivity index (χ3n) is 4.73. The van der Waals surface area contributed by atoms with Gasteiger partial charge < -0.3 is 9.64 Å². The van der Waals surface area contributed by atoms with E-state index in [9.17, 15) is 0 Å². The van der Waals surface area contributed by atoms with E-state index in [0.29, 0.717) is 6.61 Å². The lowest BCUT2D eigenvalue weighted by Gasteiger charge is -2.18. The summed E-state index contributed by atoms with van der Waals surface area (Å²) < 4.78 is 5.90. The smallest absolute Gasteiger partial charge is 0.120 e. The van der Waals surface area contributed by atoms with Gasteiger partial charge in [-0.15, -0.1) is 24.8 Å². The Morgan fingerprint density at radius 2 is 1.87 bits per heavy atom. The molecule has 0 radical (unpaired) electrons. The van der Waals surface area contributed by atoms with E-state index in [2.05, 4.69) is 59.4 Å². The van der Waals surface area contributed by atoms with E-state index in [4.69, 9.17) is 9.73 Å². The number of allylic oxidation sites excluding steroid dienone is 1. The quantitative estimate of drug-likeness (QED) is 0.527. The number of aromatic nitrogens is 1. The van der Waals surface area contributed by atoms with E-state index in [1.807, 2.05) is 36.5 Å². The Balaban J connectivity index is 0.00000160. The van der Waals surface area contributed by atoms with Crippen molar-refractivity contribution in [2.45, 2.75) is 6.61 Å². The molecule has 2 aromatic carbocycles. The zero-order valence-electron chi connectivity index (χ0n) is 16.8. The molecule has 0 unspecified atom stereocenters. The molecule has 4 nitrogen and oxygen atoms in total. The molecule has 1 aromatic heterocycles. The first kappa shape index (κ1) is 23.5. The highest BCUT2D eigenvalue weighted by Gasteiger charge is 2.13. The van der Waals surface area contributed by atoms with Crippen LogP contribution < -0.4 is 9.64 Å². The zero-order chi connectivity index (χ0) is 19.2. The van der Waals surface area contributed by atoms with Gasteiger partial charge in [0, 0.05) is 42.8 Å². The summed E-state index contributed by atoms with van der Waals surface area (Å²) in [5.74, 6) is 0.842. The first-order valence-corrected chi connectivity index (χ1v) is 9.44. The number of hydrogen-bond acceptors (Lipinski definition) is 4. The number of rotatable bonds is 5. The molecule has 1 aliphatic heterocycles. The number of para-hydroxylation sites is 1. The standard InChI is InChI=1S/C24H23N3O.2ClH/c1-27-15-14-26-23(22-9-2-3-10-24(22)27)12-11-19-6-4-8-21(16-19)28-18-20-7-5-13-25-17-20;;/h2-13,16-17H,14-15,18H2,1H3;2*1H/b12-11+;;. The van der Waals surface area contributed by atoms with Crippen LogP contribution in [0.15, 0.2) is 84.1 Å². The van der Waals surface area contributed by atoms with Gasteiger partial charge in [0.05, 0.1) is 12.3 Å². The lowest BCUT2D eigenvalue weighted by molar-refractivity contribution is 0.305. The molecule has 2 heterocycles. The molecule has 0 atom stereocenters. The van der Waals surface area contributed by atoms with Gasteiger partial charge in [-0.25, -0.2) is 0 Å². The molecular weight excluding hydrogens is 417 g/mol. The predicted molar refractivity (Wildman–Crippen MR) is 130 cm³/mol. The van der Waals surface area contributed by atoms with Gasteiger partial charge in [0.25, 0.3) is 0 Å². The summed E-state index contributed by atoms with van der Waals surface area (Å²) in [7, 11) is 2.12. The Morgan fingerprint density at radius 3 is 2.70 bits per heavy atom. The van der Waals surface area contributed by atoms with Gasteiger partial charge in [0.15, 0.2) is 0 Å². The normalized spacial score (nSPS) is 12.8. The maximum absolute atomic E-state index is 5.90. The van der Waals surface area contributed by atoms with Crippen molar-refractivity contribution in [1.82, 2.24) is 4.98 Å². The summed E-state index contributed by atoms with van der Waals surface area (Å²) in [5.41, 5.74) is 5.54. The van der Waals surface area contributed by atoms with E-state index in [1.54, 1.807) is 6.20 Å². The monoisotopic (exact) mass is 441 g/mol. The molecule has 0 spiro atoms. The van der Waals surface area contributed by atoms with Crippen LogP contribution in [0.2, 0.25) is 0 Å². The van der Waals surface area contributed by atoms with Crippen molar-refractivity contribution < 1.29 is 4.74 Å². The van der Waals surface area contributed by atoms with Gasteiger partial charge in [-0.05, 0) is 35.9 Å². The van der Waals surface area contributed by atoms with Crippen molar-refractivity contribution in [2.24, 2.45) is 4.99 Å². The van der Waals surface area contributed by atoms with Crippen LogP contribution in [0.25, 0.3) is 6.08 Å². The van der Waals surface area contributed by atoms with Crippen LogP contribution in [0.1, 0.15) is 16.7 Å². The van der Waals surface area contributed by atoms with Crippen molar-refractivity contribution in [2.75, 3.05) is 25.0 Å². The second-order valence-corrected chi connectivity index (χ2v) is 6.76. The summed E-state index contributed by atoms with van der Waals surface area (Å²) in [6.45, 7) is 2.22. The van der Waals surface area contributed by atoms with Gasteiger partial charge >= 0.3 is 0 Å². The van der Waals surface area contributed by atoms with Gasteiger partial charge in [-0.2, -0.15) is 0 Å². The van der Waals surface area contributed by atoms with Crippen molar-refractivity contribution in [3.8, 4) is 5.75 Å². The number of ether oxygens (including phenoxy) is 1. The third-order valence-corrected chi connectivity index (χ3v) is 4.73. The molecular formula is C24H25Cl2N3O. The third kappa shape index (κ3) is 5.85. The number of likely N-dealkylation sites (N-methyl/N-ethyl adjacent to an activating group) is 1. The van der Waals surface area contributed by atoms with Crippen molar-refractivity contribution >= 4 is 42.3 Å². The average Bonchev–Trinajstić information content (AvgIpc) is 2.91. The number of benzodiazepines with no additional fused rings is 1. The SMILES string of the molecule is CN1CCN=C(/C=C/c2cccc(OCc3cccnc3)c2)c2ccccc21.Cl.Cl. The Morgan fingerprint density at radius 1 is 1.00 bits per heavy atom. The highest BCUT2D eigenvalue weighted by atomic mass is 35.5. The first-order chi connectivity index (χ1) is 13.8. The van der Waals surface area contributed by atoms with Crippen LogP contribution in [0, 0.1) is 0 Å². The molecule has 0 amide bonds. The minimum Gasteiger partial charge on any atom is -0.489 e. The molecule has 0 fully saturated rings. The van der Waals surface area contributed by atoms with Crippen molar-refractivity contribution in [3.63, 3.8) is 0 Å². The number of halogens is 2. The van der Waals surface area contributed by atoms with Crippen LogP contribution in [-0.2, 0) is 6.61 Å². The summed E-state index contributed by atoms with van der Waals surface area (Å²) in [6, 6.07) is 20.4. The van der Waals surface area contributed by atoms with Gasteiger partial charge in [-0.3, -0.25) is 9.98 Å². The average molecular weight is 442 g/mol. The maximum atomic E-state index is 5.90. The lowest BCUT2D eigenvalue weighted by Crippen LogP contribution is -2.20. The molecule has 156 valence electrons. The van der Waals surface area contributed by atoms with Gasteiger partial charge in [0.2, 0.25) is 0 Å². The van der Waals surface area contributed by atoms with Crippen molar-refractivity contribution in [1.29, 1.82) is 0 Å². The molecule has 0 saturated carbocycles. The zero-order valence-corrected chi connectivity index (χ0v) is 18.4. The number of aliphatic imine (C=N–C) groups is 1. The Bertz CT molecular complexity index is 1010. The number of nitrogens with zero attached hydrogens (tertiary/aromatic N) is 3. The van der Waals surface area contributed by atoms with Gasteiger partial charge in [-0.1, -0.05) is 42.5 Å². The fourth-order valence-electron chi connectivity index (χ4n) is 3.22. The van der Waals surface area contributed by atoms with Crippen molar-refractivity contribution in [3.05, 3.63) is 95.8 Å². The predicted octanol–water partition coefficient (Wildman–Crippen LogP) is 5.46. The van der Waals surface area contributed by atoms with E-state index in [-0.39, 0.29) is 24.8 Å². The van der Waals surface area contributed by atoms with Crippen LogP contribution in [0.5, 0.6) is 5.75 Å². The maximum Gasteiger partial charge on any atom is 0.120 e. The van der Waals surface area contributed by atoms with E-state index < -0.39 is 0 Å². The van der Waals surface area contributed by atoms with Gasteiger partial charge in [0.1, 0.15) is 12.4 Å². The van der Waals surface area contributed by atoms with E-state index in [0.717, 1.165) is 35.7 Å². The number of fused-ring (bicyclic) bond motifs is 1. The topological polar surface area (TPSA) is 37.7 Å². The number of anilines is 1. The molecule has 30 heavy (non-hydrogen) atoms. The minimum atomic E-state index is 0. The molecule has 6 heteroatoms. The lowest BCUT2D eigenvalue weighted by atomic mass is 10.1. The largest absolute Gasteiger partial charge is 0.489 e. The van der Waals surface area contributed by atoms with Crippen LogP contribution in [0.3, 0.4) is 0 Å². The highest BCUT2D eigenvalue weighted by Crippen LogP contribution is 2.23. The molecule has 3 aromatic rings. The summed E-state index contributed by atoms with van der Waals surface area (Å²) in [5, 5.41) is 0. The summed E-state index contributed by atoms with van der Waals surface area (Å²) >= 11 is 0. The molecule has 1 aliphatic rings. The minimum absolute atomic E-state index is 0. The van der Waals surface area contributed by atoms with Crippen LogP contribution in [0.4, 0.5) is 5.69 Å². The molecule has 4 rings (SSSR count). The molecule has 0 bridgehead atoms. The molecule has 0 N–H and O–H groups in total. The number of benzene rings is 2. The second-order valence-electron chi connectivity index (χ2n) is 6.76. The summed E-state index contributed by atoms with van der Waals surface area (Å²) in [4.78, 5) is 11.2. The molecule has 0 saturated heterocycles. The van der Waals surface area contributed by atoms with Crippen LogP contribution in [-0.4, -0.2) is 30.8 Å². The number of pyridine rings is 1. The fourth-order valence-corrected chi connectivity index (χ4v) is 3.22. The Hall–Kier alpha value is -2.82. The van der Waals surface area contributed by atoms with E-state index >= 15 is 0 Å². The highest BCUT2D eigenvalue weighted by molar-refractivity contribution is 6.14. The number of hydrogen-bond donors (Lipinski definition) is 0. The summed E-state index contributed by atoms with van der Waals surface area (Å²) in [6.07, 6.45) is 7.78. The van der Waals surface area contributed by atoms with E-state index in [1.165, 1.54) is 11.3 Å².